The molecule has 0 saturated heterocycles. The summed E-state index contributed by atoms with van der Waals surface area (Å²) >= 11 is 0. The molecule has 3 heterocycles. The number of para-hydroxylation sites is 2. The predicted molar refractivity (Wildman–Crippen MR) is 114 cm³/mol. The molecule has 1 aliphatic rings. The Morgan fingerprint density at radius 2 is 1.90 bits per heavy atom. The topological polar surface area (TPSA) is 77.3 Å². The van der Waals surface area contributed by atoms with Gasteiger partial charge in [0.2, 0.25) is 11.9 Å². The first-order valence-electron chi connectivity index (χ1n) is 10.5. The van der Waals surface area contributed by atoms with Gasteiger partial charge in [-0.1, -0.05) is 38.0 Å². The molecule has 30 heavy (non-hydrogen) atoms. The van der Waals surface area contributed by atoms with Crippen LogP contribution in [0.3, 0.4) is 0 Å². The Bertz CT molecular complexity index is 1050. The van der Waals surface area contributed by atoms with E-state index in [1.165, 1.54) is 0 Å². The van der Waals surface area contributed by atoms with Gasteiger partial charge in [-0.15, -0.1) is 0 Å². The van der Waals surface area contributed by atoms with Gasteiger partial charge in [-0.25, -0.2) is 4.98 Å². The quantitative estimate of drug-likeness (QED) is 0.339. The van der Waals surface area contributed by atoms with Crippen LogP contribution < -0.4 is 4.90 Å². The second kappa shape index (κ2) is 8.65. The number of unbranched alkanes of at least 4 members (excludes halogenated alkanes) is 2. The summed E-state index contributed by atoms with van der Waals surface area (Å²) in [6, 6.07) is 12.7. The van der Waals surface area contributed by atoms with Gasteiger partial charge < -0.3 is 4.74 Å². The van der Waals surface area contributed by atoms with Crippen molar-refractivity contribution in [1.29, 1.82) is 0 Å². The van der Waals surface area contributed by atoms with E-state index < -0.39 is 17.9 Å². The molecule has 0 radical (unpaired) electrons. The second-order valence-corrected chi connectivity index (χ2v) is 7.40. The maximum Gasteiger partial charge on any atom is 0.321 e. The van der Waals surface area contributed by atoms with E-state index in [1.54, 1.807) is 18.0 Å². The minimum absolute atomic E-state index is 0.213. The third kappa shape index (κ3) is 3.44. The van der Waals surface area contributed by atoms with Crippen LogP contribution in [0.25, 0.3) is 11.0 Å². The SMILES string of the molecule is CCCCCN1C(=O)[C@@H](C(=O)OCC)[C@H](c2ccccn2)n2c1nc1ccccc12. The predicted octanol–water partition coefficient (Wildman–Crippen LogP) is 3.74. The standard InChI is InChI=1S/C23H26N4O3/c1-3-5-10-15-26-21(28)19(22(29)30-4-2)20(17-12-8-9-14-24-17)27-18-13-7-6-11-16(18)25-23(26)27/h6-9,11-14,19-20H,3-5,10,15H2,1-2H3/t19-,20-/m0/s1. The molecule has 7 heteroatoms. The van der Waals surface area contributed by atoms with Gasteiger partial charge in [-0.2, -0.15) is 0 Å². The zero-order chi connectivity index (χ0) is 21.1. The average Bonchev–Trinajstić information content (AvgIpc) is 3.14. The first-order valence-corrected chi connectivity index (χ1v) is 10.5. The van der Waals surface area contributed by atoms with E-state index in [-0.39, 0.29) is 12.5 Å². The van der Waals surface area contributed by atoms with E-state index >= 15 is 0 Å². The summed E-state index contributed by atoms with van der Waals surface area (Å²) in [4.78, 5) is 37.5. The van der Waals surface area contributed by atoms with Crippen molar-refractivity contribution in [3.05, 3.63) is 54.4 Å². The highest BCUT2D eigenvalue weighted by Gasteiger charge is 2.48. The Morgan fingerprint density at radius 3 is 2.63 bits per heavy atom. The zero-order valence-electron chi connectivity index (χ0n) is 17.3. The number of fused-ring (bicyclic) bond motifs is 3. The van der Waals surface area contributed by atoms with Gasteiger partial charge in [-0.3, -0.25) is 24.0 Å². The molecule has 0 fully saturated rings. The molecule has 4 rings (SSSR count). The Labute approximate surface area is 175 Å². The van der Waals surface area contributed by atoms with Crippen molar-refractivity contribution >= 4 is 28.9 Å². The molecule has 3 aromatic rings. The maximum absolute atomic E-state index is 13.6. The van der Waals surface area contributed by atoms with Gasteiger partial charge in [-0.05, 0) is 37.6 Å². The van der Waals surface area contributed by atoms with Gasteiger partial charge in [0, 0.05) is 12.7 Å². The van der Waals surface area contributed by atoms with Gasteiger partial charge in [0.25, 0.3) is 0 Å². The molecule has 156 valence electrons. The number of hydrogen-bond acceptors (Lipinski definition) is 5. The highest BCUT2D eigenvalue weighted by molar-refractivity contribution is 6.08. The van der Waals surface area contributed by atoms with Crippen molar-refractivity contribution in [2.24, 2.45) is 5.92 Å². The molecule has 0 bridgehead atoms. The smallest absolute Gasteiger partial charge is 0.321 e. The number of hydrogen-bond donors (Lipinski definition) is 0. The van der Waals surface area contributed by atoms with Crippen LogP contribution in [0.4, 0.5) is 5.95 Å². The number of carbonyl (C=O) groups is 2. The number of carbonyl (C=O) groups excluding carboxylic acids is 2. The number of aromatic nitrogens is 3. The number of pyridine rings is 1. The summed E-state index contributed by atoms with van der Waals surface area (Å²) in [5, 5.41) is 0. The fourth-order valence-corrected chi connectivity index (χ4v) is 4.09. The van der Waals surface area contributed by atoms with Crippen LogP contribution in [0.2, 0.25) is 0 Å². The summed E-state index contributed by atoms with van der Waals surface area (Å²) in [7, 11) is 0. The number of imidazole rings is 1. The van der Waals surface area contributed by atoms with Crippen molar-refractivity contribution in [2.45, 2.75) is 39.2 Å². The molecule has 0 N–H and O–H groups in total. The number of esters is 1. The minimum atomic E-state index is -1.01. The number of nitrogens with zero attached hydrogens (tertiary/aromatic N) is 4. The number of amides is 1. The summed E-state index contributed by atoms with van der Waals surface area (Å²) in [5.74, 6) is -1.25. The first-order chi connectivity index (χ1) is 14.7. The number of ether oxygens (including phenoxy) is 1. The molecule has 0 saturated carbocycles. The van der Waals surface area contributed by atoms with Crippen LogP contribution in [0.15, 0.2) is 48.7 Å². The molecule has 7 nitrogen and oxygen atoms in total. The van der Waals surface area contributed by atoms with Crippen molar-refractivity contribution in [3.63, 3.8) is 0 Å². The Kier molecular flexibility index (Phi) is 5.79. The van der Waals surface area contributed by atoms with E-state index in [0.29, 0.717) is 18.2 Å². The molecule has 0 spiro atoms. The van der Waals surface area contributed by atoms with E-state index in [9.17, 15) is 9.59 Å². The minimum Gasteiger partial charge on any atom is -0.465 e. The molecular formula is C23H26N4O3. The first kappa shape index (κ1) is 20.1. The molecule has 1 aliphatic heterocycles. The highest BCUT2D eigenvalue weighted by atomic mass is 16.5. The third-order valence-electron chi connectivity index (χ3n) is 5.46. The van der Waals surface area contributed by atoms with Gasteiger partial charge >= 0.3 is 5.97 Å². The summed E-state index contributed by atoms with van der Waals surface area (Å²) in [6.07, 6.45) is 4.55. The van der Waals surface area contributed by atoms with E-state index in [4.69, 9.17) is 9.72 Å². The van der Waals surface area contributed by atoms with Gasteiger partial charge in [0.05, 0.1) is 23.3 Å². The van der Waals surface area contributed by atoms with E-state index in [2.05, 4.69) is 11.9 Å². The van der Waals surface area contributed by atoms with Crippen LogP contribution >= 0.6 is 0 Å². The van der Waals surface area contributed by atoms with Crippen LogP contribution in [-0.2, 0) is 14.3 Å². The largest absolute Gasteiger partial charge is 0.465 e. The van der Waals surface area contributed by atoms with Crippen LogP contribution in [0.5, 0.6) is 0 Å². The lowest BCUT2D eigenvalue weighted by molar-refractivity contribution is -0.153. The fraction of sp³-hybridized carbons (Fsp3) is 0.391. The summed E-state index contributed by atoms with van der Waals surface area (Å²) in [5.41, 5.74) is 2.29. The highest BCUT2D eigenvalue weighted by Crippen LogP contribution is 2.40. The Balaban J connectivity index is 1.93. The zero-order valence-corrected chi connectivity index (χ0v) is 17.3. The van der Waals surface area contributed by atoms with Crippen LogP contribution in [0, 0.1) is 5.92 Å². The summed E-state index contributed by atoms with van der Waals surface area (Å²) in [6.45, 7) is 4.59. The molecule has 1 amide bonds. The number of benzene rings is 1. The second-order valence-electron chi connectivity index (χ2n) is 7.40. The van der Waals surface area contributed by atoms with Gasteiger partial charge in [0.15, 0.2) is 5.92 Å². The van der Waals surface area contributed by atoms with Crippen molar-refractivity contribution < 1.29 is 14.3 Å². The molecule has 2 aromatic heterocycles. The normalized spacial score (nSPS) is 18.5. The van der Waals surface area contributed by atoms with Crippen LogP contribution in [-0.4, -0.2) is 39.6 Å². The summed E-state index contributed by atoms with van der Waals surface area (Å²) < 4.78 is 7.31. The van der Waals surface area contributed by atoms with E-state index in [0.717, 1.165) is 30.3 Å². The lowest BCUT2D eigenvalue weighted by Crippen LogP contribution is -2.50. The molecule has 1 aromatic carbocycles. The van der Waals surface area contributed by atoms with Crippen LogP contribution in [0.1, 0.15) is 44.8 Å². The monoisotopic (exact) mass is 406 g/mol. The lowest BCUT2D eigenvalue weighted by atomic mass is 9.92. The van der Waals surface area contributed by atoms with Crippen molar-refractivity contribution in [3.8, 4) is 0 Å². The molecular weight excluding hydrogens is 380 g/mol. The maximum atomic E-state index is 13.6. The number of anilines is 1. The fourth-order valence-electron chi connectivity index (χ4n) is 4.09. The molecule has 0 aliphatic carbocycles. The van der Waals surface area contributed by atoms with E-state index in [1.807, 2.05) is 47.0 Å². The Hall–Kier alpha value is -3.22. The lowest BCUT2D eigenvalue weighted by Gasteiger charge is -2.37. The Morgan fingerprint density at radius 1 is 1.10 bits per heavy atom. The number of rotatable bonds is 7. The average molecular weight is 406 g/mol. The van der Waals surface area contributed by atoms with Crippen molar-refractivity contribution in [2.75, 3.05) is 18.1 Å². The third-order valence-corrected chi connectivity index (χ3v) is 5.46. The molecule has 2 atom stereocenters. The van der Waals surface area contributed by atoms with Gasteiger partial charge in [0.1, 0.15) is 6.04 Å². The molecule has 0 unspecified atom stereocenters. The van der Waals surface area contributed by atoms with Crippen molar-refractivity contribution in [1.82, 2.24) is 14.5 Å².